The molecule has 0 aromatic heterocycles. The van der Waals surface area contributed by atoms with Crippen LogP contribution in [0.25, 0.3) is 21.5 Å². The van der Waals surface area contributed by atoms with Gasteiger partial charge in [-0.15, -0.1) is 0 Å². The van der Waals surface area contributed by atoms with E-state index in [1.165, 1.54) is 32.3 Å². The van der Waals surface area contributed by atoms with Gasteiger partial charge in [-0.2, -0.15) is 0 Å². The second kappa shape index (κ2) is 18.2. The maximum atomic E-state index is 11.9. The molecule has 0 fully saturated rings. The van der Waals surface area contributed by atoms with Gasteiger partial charge < -0.3 is 20.3 Å². The number of rotatable bonds is 7. The van der Waals surface area contributed by atoms with Crippen LogP contribution in [0, 0.1) is 0 Å². The van der Waals surface area contributed by atoms with Crippen LogP contribution in [0.2, 0.25) is 20.1 Å². The molecule has 0 atom stereocenters. The first-order valence-electron chi connectivity index (χ1n) is 14.4. The fourth-order valence-electron chi connectivity index (χ4n) is 4.40. The summed E-state index contributed by atoms with van der Waals surface area (Å²) in [7, 11) is -3.21. The molecule has 0 spiro atoms. The van der Waals surface area contributed by atoms with Crippen LogP contribution in [-0.2, 0) is 20.0 Å². The van der Waals surface area contributed by atoms with Crippen LogP contribution in [0.5, 0.6) is 17.2 Å². The van der Waals surface area contributed by atoms with Crippen LogP contribution < -0.4 is 19.6 Å². The summed E-state index contributed by atoms with van der Waals surface area (Å²) in [5.41, 5.74) is 0.648. The summed E-state index contributed by atoms with van der Waals surface area (Å²) in [6.07, 6.45) is 0. The molecule has 1 radical (unpaired) electrons. The zero-order valence-corrected chi connectivity index (χ0v) is 31.4. The minimum Gasteiger partial charge on any atom is -0.507 e. The van der Waals surface area contributed by atoms with Crippen LogP contribution >= 0.6 is 46.4 Å². The molecule has 6 N–H and O–H groups in total. The Morgan fingerprint density at radius 1 is 0.608 bits per heavy atom. The van der Waals surface area contributed by atoms with E-state index in [0.717, 1.165) is 18.3 Å². The zero-order valence-electron chi connectivity index (χ0n) is 26.7. The monoisotopic (exact) mass is 809 g/mol. The van der Waals surface area contributed by atoms with E-state index in [0.29, 0.717) is 47.8 Å². The third-order valence-corrected chi connectivity index (χ3v) is 11.3. The SMILES string of the molecule is CNS(=O)(=O)c1ccc2c(O)cccc2c1.CNS(=O)(=O)c1ccc2c(Oc3ccc(Cl)c(Cl)c3)cccc2c1.O.O[B]c1ccc(Cl)c(Cl)c1. The van der Waals surface area contributed by atoms with Crippen molar-refractivity contribution in [3.63, 3.8) is 0 Å². The smallest absolute Gasteiger partial charge is 0.326 e. The molecular weight excluding hydrogens is 781 g/mol. The maximum absolute atomic E-state index is 11.9. The second-order valence-corrected chi connectivity index (χ2v) is 15.6. The van der Waals surface area contributed by atoms with Crippen LogP contribution in [0.3, 0.4) is 0 Å². The standard InChI is InChI=1S/C17H13Cl2NO3S.C11H11NO3S.C6H4BCl2O.H2O/c1-20-24(21,22)13-6-7-14-11(9-13)3-2-4-17(14)23-12-5-8-15(18)16(19)10-12;1-12-16(14,15)9-5-6-10-8(7-9)3-2-4-11(10)13;8-5-2-1-4(7-10)3-6(5)9;/h2-10,20H,1H3;2-7,12-13H,1H3;1-3,10H;1H2. The first kappa shape index (κ1) is 41.8. The number of halogens is 4. The Kier molecular flexibility index (Phi) is 15.0. The molecule has 0 aliphatic carbocycles. The summed E-state index contributed by atoms with van der Waals surface area (Å²) < 4.78 is 57.4. The van der Waals surface area contributed by atoms with Crippen molar-refractivity contribution in [1.29, 1.82) is 0 Å². The third-order valence-electron chi connectivity index (χ3n) is 7.01. The molecular formula is C34H30BCl4N2O8S2. The number of phenolic OH excluding ortho intramolecular Hbond substituents is 1. The van der Waals surface area contributed by atoms with Crippen LogP contribution in [0.4, 0.5) is 0 Å². The lowest BCUT2D eigenvalue weighted by molar-refractivity contribution is 0.481. The largest absolute Gasteiger partial charge is 0.507 e. The van der Waals surface area contributed by atoms with Crippen molar-refractivity contribution in [2.75, 3.05) is 14.1 Å². The van der Waals surface area contributed by atoms with Gasteiger partial charge in [-0.3, -0.25) is 0 Å². The average molecular weight is 811 g/mol. The highest BCUT2D eigenvalue weighted by Crippen LogP contribution is 2.34. The van der Waals surface area contributed by atoms with Crippen molar-refractivity contribution in [2.24, 2.45) is 0 Å². The molecule has 17 heteroatoms. The molecule has 0 aliphatic heterocycles. The zero-order chi connectivity index (χ0) is 36.6. The number of nitrogens with one attached hydrogen (secondary N) is 2. The summed E-state index contributed by atoms with van der Waals surface area (Å²) in [6.45, 7) is 0. The maximum Gasteiger partial charge on any atom is 0.326 e. The highest BCUT2D eigenvalue weighted by atomic mass is 35.5. The Balaban J connectivity index is 0.000000224. The first-order chi connectivity index (χ1) is 23.7. The van der Waals surface area contributed by atoms with E-state index < -0.39 is 20.0 Å². The number of aromatic hydroxyl groups is 1. The van der Waals surface area contributed by atoms with Crippen molar-refractivity contribution in [3.05, 3.63) is 129 Å². The number of phenols is 1. The van der Waals surface area contributed by atoms with Gasteiger partial charge in [0.05, 0.1) is 29.9 Å². The third kappa shape index (κ3) is 10.7. The Morgan fingerprint density at radius 2 is 1.12 bits per heavy atom. The predicted octanol–water partition coefficient (Wildman–Crippen LogP) is 6.71. The van der Waals surface area contributed by atoms with Gasteiger partial charge >= 0.3 is 7.48 Å². The number of ether oxygens (including phenoxy) is 1. The molecule has 0 bridgehead atoms. The van der Waals surface area contributed by atoms with Crippen molar-refractivity contribution < 1.29 is 37.2 Å². The number of fused-ring (bicyclic) bond motifs is 2. The molecule has 267 valence electrons. The quantitative estimate of drug-likeness (QED) is 0.130. The number of hydrogen-bond acceptors (Lipinski definition) is 7. The minimum absolute atomic E-state index is 0. The van der Waals surface area contributed by atoms with Crippen molar-refractivity contribution in [2.45, 2.75) is 9.79 Å². The highest BCUT2D eigenvalue weighted by Gasteiger charge is 2.14. The molecule has 0 amide bonds. The number of benzene rings is 6. The topological polar surface area (TPSA) is 174 Å². The van der Waals surface area contributed by atoms with E-state index in [4.69, 9.17) is 56.2 Å². The van der Waals surface area contributed by atoms with Crippen LogP contribution in [0.1, 0.15) is 0 Å². The Hall–Kier alpha value is -3.60. The fourth-order valence-corrected chi connectivity index (χ4v) is 6.52. The minimum atomic E-state index is -3.49. The molecule has 6 aromatic carbocycles. The molecule has 0 heterocycles. The van der Waals surface area contributed by atoms with Crippen LogP contribution in [-0.4, -0.2) is 54.0 Å². The average Bonchev–Trinajstić information content (AvgIpc) is 3.11. The lowest BCUT2D eigenvalue weighted by Gasteiger charge is -2.11. The second-order valence-electron chi connectivity index (χ2n) is 10.2. The number of sulfonamides is 2. The van der Waals surface area contributed by atoms with Gasteiger partial charge in [0.15, 0.2) is 0 Å². The van der Waals surface area contributed by atoms with Crippen molar-refractivity contribution in [1.82, 2.24) is 9.44 Å². The van der Waals surface area contributed by atoms with E-state index in [-0.39, 0.29) is 21.0 Å². The predicted molar refractivity (Wildman–Crippen MR) is 206 cm³/mol. The molecule has 0 unspecified atom stereocenters. The lowest BCUT2D eigenvalue weighted by atomic mass is 9.89. The van der Waals surface area contributed by atoms with E-state index >= 15 is 0 Å². The summed E-state index contributed by atoms with van der Waals surface area (Å²) in [5, 5.41) is 22.7. The van der Waals surface area contributed by atoms with Gasteiger partial charge in [-0.05, 0) is 97.7 Å². The van der Waals surface area contributed by atoms with Crippen LogP contribution in [0.15, 0.2) is 119 Å². The lowest BCUT2D eigenvalue weighted by Crippen LogP contribution is -2.18. The Labute approximate surface area is 316 Å². The molecule has 0 saturated carbocycles. The molecule has 10 nitrogen and oxygen atoms in total. The fraction of sp³-hybridized carbons (Fsp3) is 0.0588. The Morgan fingerprint density at radius 3 is 1.65 bits per heavy atom. The summed E-state index contributed by atoms with van der Waals surface area (Å²) in [4.78, 5) is 0.386. The number of hydrogen-bond donors (Lipinski definition) is 4. The summed E-state index contributed by atoms with van der Waals surface area (Å²) in [6, 6.07) is 29.7. The van der Waals surface area contributed by atoms with Gasteiger partial charge in [0.2, 0.25) is 20.0 Å². The van der Waals surface area contributed by atoms with Gasteiger partial charge in [-0.1, -0.05) is 82.2 Å². The Bertz CT molecular complexity index is 2390. The van der Waals surface area contributed by atoms with Crippen molar-refractivity contribution in [3.8, 4) is 17.2 Å². The molecule has 6 rings (SSSR count). The van der Waals surface area contributed by atoms with E-state index in [9.17, 15) is 21.9 Å². The molecule has 51 heavy (non-hydrogen) atoms. The van der Waals surface area contributed by atoms with E-state index in [1.807, 2.05) is 6.07 Å². The molecule has 0 saturated heterocycles. The molecule has 6 aromatic rings. The first-order valence-corrected chi connectivity index (χ1v) is 18.8. The van der Waals surface area contributed by atoms with Gasteiger partial charge in [0.25, 0.3) is 0 Å². The van der Waals surface area contributed by atoms with Crippen molar-refractivity contribution >= 4 is 101 Å². The highest BCUT2D eigenvalue weighted by molar-refractivity contribution is 7.89. The van der Waals surface area contributed by atoms with Gasteiger partial charge in [0.1, 0.15) is 17.2 Å². The normalized spacial score (nSPS) is 11.0. The summed E-state index contributed by atoms with van der Waals surface area (Å²) in [5.74, 6) is 1.29. The summed E-state index contributed by atoms with van der Waals surface area (Å²) >= 11 is 23.1. The van der Waals surface area contributed by atoms with E-state index in [2.05, 4.69) is 9.44 Å². The molecule has 0 aliphatic rings. The van der Waals surface area contributed by atoms with Gasteiger partial charge in [-0.25, -0.2) is 26.3 Å². The van der Waals surface area contributed by atoms with E-state index in [1.54, 1.807) is 84.9 Å². The van der Waals surface area contributed by atoms with Gasteiger partial charge in [0, 0.05) is 16.8 Å².